The number of nitrogens with one attached hydrogen (secondary N) is 2. The number of hydrogen-bond acceptors (Lipinski definition) is 5. The first kappa shape index (κ1) is 13.2. The Bertz CT molecular complexity index is 642. The molecule has 0 amide bonds. The van der Waals surface area contributed by atoms with E-state index >= 15 is 0 Å². The number of nitrogens with two attached hydrogens (primary N) is 1. The van der Waals surface area contributed by atoms with Crippen LogP contribution in [0.4, 0.5) is 11.5 Å². The lowest BCUT2D eigenvalue weighted by atomic mass is 10.2. The van der Waals surface area contributed by atoms with Gasteiger partial charge in [-0.25, -0.2) is 4.98 Å². The number of H-pyrrole nitrogens is 1. The van der Waals surface area contributed by atoms with Gasteiger partial charge in [0.25, 0.3) is 5.56 Å². The Morgan fingerprint density at radius 2 is 2.32 bits per heavy atom. The second-order valence-corrected chi connectivity index (χ2v) is 4.20. The van der Waals surface area contributed by atoms with E-state index in [4.69, 9.17) is 22.1 Å². The molecule has 0 aliphatic rings. The predicted molar refractivity (Wildman–Crippen MR) is 74.6 cm³/mol. The van der Waals surface area contributed by atoms with Crippen LogP contribution < -0.4 is 21.3 Å². The number of anilines is 2. The average Bonchev–Trinajstić information content (AvgIpc) is 2.40. The van der Waals surface area contributed by atoms with Gasteiger partial charge in [-0.05, 0) is 18.2 Å². The van der Waals surface area contributed by atoms with Crippen LogP contribution in [0.5, 0.6) is 5.75 Å². The summed E-state index contributed by atoms with van der Waals surface area (Å²) in [6, 6.07) is 5.31. The molecule has 6 nitrogen and oxygen atoms in total. The molecule has 0 atom stereocenters. The standard InChI is InChI=1S/C12H13ClN4O2/c1-19-9-3-2-8(14)4-7(9)5-15-11-10(13)12(18)17-6-16-11/h2-4,6H,5,14H2,1H3,(H2,15,16,17,18). The number of hydrogen-bond donors (Lipinski definition) is 3. The zero-order valence-corrected chi connectivity index (χ0v) is 11.0. The zero-order chi connectivity index (χ0) is 13.8. The first-order valence-electron chi connectivity index (χ1n) is 5.51. The largest absolute Gasteiger partial charge is 0.496 e. The van der Waals surface area contributed by atoms with Gasteiger partial charge >= 0.3 is 0 Å². The van der Waals surface area contributed by atoms with Crippen LogP contribution in [0.3, 0.4) is 0 Å². The first-order valence-corrected chi connectivity index (χ1v) is 5.89. The van der Waals surface area contributed by atoms with Crippen LogP contribution in [0.1, 0.15) is 5.56 Å². The van der Waals surface area contributed by atoms with E-state index in [9.17, 15) is 4.79 Å². The lowest BCUT2D eigenvalue weighted by molar-refractivity contribution is 0.410. The van der Waals surface area contributed by atoms with E-state index < -0.39 is 5.56 Å². The highest BCUT2D eigenvalue weighted by atomic mass is 35.5. The molecule has 0 saturated heterocycles. The molecule has 2 rings (SSSR count). The van der Waals surface area contributed by atoms with Crippen molar-refractivity contribution in [1.82, 2.24) is 9.97 Å². The number of nitrogens with zero attached hydrogens (tertiary/aromatic N) is 1. The van der Waals surface area contributed by atoms with Crippen LogP contribution in [0.15, 0.2) is 29.3 Å². The van der Waals surface area contributed by atoms with Gasteiger partial charge in [0, 0.05) is 17.8 Å². The molecule has 0 aliphatic heterocycles. The number of halogens is 1. The van der Waals surface area contributed by atoms with Gasteiger partial charge in [-0.3, -0.25) is 4.79 Å². The topological polar surface area (TPSA) is 93.0 Å². The molecule has 0 unspecified atom stereocenters. The molecule has 7 heteroatoms. The number of ether oxygens (including phenoxy) is 1. The number of nitrogen functional groups attached to an aromatic ring is 1. The molecule has 1 aromatic carbocycles. The second-order valence-electron chi connectivity index (χ2n) is 3.82. The maximum absolute atomic E-state index is 11.3. The summed E-state index contributed by atoms with van der Waals surface area (Å²) in [4.78, 5) is 17.7. The Balaban J connectivity index is 2.21. The minimum absolute atomic E-state index is 0.0189. The third-order valence-electron chi connectivity index (χ3n) is 2.55. The highest BCUT2D eigenvalue weighted by Crippen LogP contribution is 2.22. The molecule has 100 valence electrons. The maximum atomic E-state index is 11.3. The summed E-state index contributed by atoms with van der Waals surface area (Å²) in [6.07, 6.45) is 1.28. The molecule has 19 heavy (non-hydrogen) atoms. The van der Waals surface area contributed by atoms with Gasteiger partial charge in [0.05, 0.1) is 13.4 Å². The molecule has 1 aromatic heterocycles. The molecule has 1 heterocycles. The molecule has 0 saturated carbocycles. The van der Waals surface area contributed by atoms with Crippen molar-refractivity contribution >= 4 is 23.1 Å². The fourth-order valence-electron chi connectivity index (χ4n) is 1.62. The third kappa shape index (κ3) is 2.97. The third-order valence-corrected chi connectivity index (χ3v) is 2.90. The van der Waals surface area contributed by atoms with Gasteiger partial charge in [0.15, 0.2) is 5.82 Å². The quantitative estimate of drug-likeness (QED) is 0.740. The summed E-state index contributed by atoms with van der Waals surface area (Å²) >= 11 is 5.84. The fourth-order valence-corrected chi connectivity index (χ4v) is 1.79. The Kier molecular flexibility index (Phi) is 3.91. The number of rotatable bonds is 4. The van der Waals surface area contributed by atoms with E-state index in [1.54, 1.807) is 25.3 Å². The Hall–Kier alpha value is -2.21. The lowest BCUT2D eigenvalue weighted by Crippen LogP contribution is -2.12. The minimum Gasteiger partial charge on any atom is -0.496 e. The van der Waals surface area contributed by atoms with Gasteiger partial charge in [0.1, 0.15) is 10.8 Å². The van der Waals surface area contributed by atoms with Gasteiger partial charge in [-0.1, -0.05) is 11.6 Å². The van der Waals surface area contributed by atoms with Crippen LogP contribution in [0.2, 0.25) is 5.02 Å². The van der Waals surface area contributed by atoms with Crippen molar-refractivity contribution in [1.29, 1.82) is 0 Å². The van der Waals surface area contributed by atoms with Gasteiger partial charge in [-0.2, -0.15) is 0 Å². The zero-order valence-electron chi connectivity index (χ0n) is 10.2. The number of aromatic amines is 1. The van der Waals surface area contributed by atoms with Crippen LogP contribution in [-0.4, -0.2) is 17.1 Å². The summed E-state index contributed by atoms with van der Waals surface area (Å²) in [7, 11) is 1.58. The normalized spacial score (nSPS) is 10.2. The van der Waals surface area contributed by atoms with Crippen LogP contribution in [-0.2, 0) is 6.54 Å². The highest BCUT2D eigenvalue weighted by molar-refractivity contribution is 6.32. The molecule has 0 aliphatic carbocycles. The van der Waals surface area contributed by atoms with Crippen molar-refractivity contribution < 1.29 is 4.74 Å². The second kappa shape index (κ2) is 5.62. The Labute approximate surface area is 114 Å². The molecule has 2 aromatic rings. The van der Waals surface area contributed by atoms with Crippen LogP contribution in [0.25, 0.3) is 0 Å². The number of methoxy groups -OCH3 is 1. The number of aromatic nitrogens is 2. The minimum atomic E-state index is -0.390. The fraction of sp³-hybridized carbons (Fsp3) is 0.167. The van der Waals surface area contributed by atoms with Crippen molar-refractivity contribution in [2.45, 2.75) is 6.54 Å². The van der Waals surface area contributed by atoms with Crippen LogP contribution >= 0.6 is 11.6 Å². The predicted octanol–water partition coefficient (Wildman–Crippen LogP) is 1.63. The maximum Gasteiger partial charge on any atom is 0.271 e. The van der Waals surface area contributed by atoms with E-state index in [2.05, 4.69) is 15.3 Å². The molecule has 0 radical (unpaired) electrons. The highest BCUT2D eigenvalue weighted by Gasteiger charge is 2.08. The van der Waals surface area contributed by atoms with E-state index in [1.165, 1.54) is 6.33 Å². The van der Waals surface area contributed by atoms with Crippen LogP contribution in [0, 0.1) is 0 Å². The molecule has 4 N–H and O–H groups in total. The summed E-state index contributed by atoms with van der Waals surface area (Å²) in [5.41, 5.74) is 6.81. The summed E-state index contributed by atoms with van der Waals surface area (Å²) in [5.74, 6) is 1.01. The van der Waals surface area contributed by atoms with E-state index in [0.717, 1.165) is 5.56 Å². The van der Waals surface area contributed by atoms with Gasteiger partial charge < -0.3 is 20.8 Å². The monoisotopic (exact) mass is 280 g/mol. The van der Waals surface area contributed by atoms with Crippen molar-refractivity contribution in [3.63, 3.8) is 0 Å². The summed E-state index contributed by atoms with van der Waals surface area (Å²) in [6.45, 7) is 0.393. The molecule has 0 fully saturated rings. The molecular weight excluding hydrogens is 268 g/mol. The lowest BCUT2D eigenvalue weighted by Gasteiger charge is -2.11. The van der Waals surface area contributed by atoms with Crippen molar-refractivity contribution in [3.05, 3.63) is 45.5 Å². The van der Waals surface area contributed by atoms with E-state index in [0.29, 0.717) is 23.8 Å². The van der Waals surface area contributed by atoms with Crippen molar-refractivity contribution in [2.24, 2.45) is 0 Å². The van der Waals surface area contributed by atoms with Crippen molar-refractivity contribution in [2.75, 3.05) is 18.2 Å². The first-order chi connectivity index (χ1) is 9.11. The molecular formula is C12H13ClN4O2. The Morgan fingerprint density at radius 3 is 3.05 bits per heavy atom. The molecule has 0 spiro atoms. The summed E-state index contributed by atoms with van der Waals surface area (Å²) in [5, 5.41) is 2.99. The smallest absolute Gasteiger partial charge is 0.271 e. The Morgan fingerprint density at radius 1 is 1.53 bits per heavy atom. The van der Waals surface area contributed by atoms with E-state index in [1.807, 2.05) is 0 Å². The van der Waals surface area contributed by atoms with Crippen molar-refractivity contribution in [3.8, 4) is 5.75 Å². The number of benzene rings is 1. The van der Waals surface area contributed by atoms with Gasteiger partial charge in [0.2, 0.25) is 0 Å². The molecule has 0 bridgehead atoms. The van der Waals surface area contributed by atoms with Gasteiger partial charge in [-0.15, -0.1) is 0 Å². The van der Waals surface area contributed by atoms with E-state index in [-0.39, 0.29) is 5.02 Å². The SMILES string of the molecule is COc1ccc(N)cc1CNc1nc[nH]c(=O)c1Cl. The summed E-state index contributed by atoms with van der Waals surface area (Å²) < 4.78 is 5.23. The average molecular weight is 281 g/mol.